The van der Waals surface area contributed by atoms with Crippen LogP contribution in [0.4, 0.5) is 17.6 Å². The van der Waals surface area contributed by atoms with E-state index in [0.29, 0.717) is 12.4 Å². The van der Waals surface area contributed by atoms with Crippen LogP contribution < -0.4 is 25.0 Å². The summed E-state index contributed by atoms with van der Waals surface area (Å²) in [6, 6.07) is 4.16. The van der Waals surface area contributed by atoms with Crippen LogP contribution in [-0.4, -0.2) is 113 Å². The zero-order chi connectivity index (χ0) is 32.5. The highest BCUT2D eigenvalue weighted by atomic mass is 32.2. The number of methoxy groups -OCH3 is 1. The van der Waals surface area contributed by atoms with Crippen molar-refractivity contribution in [3.05, 3.63) is 42.1 Å². The zero-order valence-corrected chi connectivity index (χ0v) is 28.5. The van der Waals surface area contributed by atoms with Gasteiger partial charge in [-0.25, -0.2) is 19.9 Å². The van der Waals surface area contributed by atoms with Crippen molar-refractivity contribution in [3.63, 3.8) is 0 Å². The van der Waals surface area contributed by atoms with Gasteiger partial charge in [-0.3, -0.25) is 10.00 Å². The Hall–Kier alpha value is -3.72. The number of nitrogens with one attached hydrogen (secondary N) is 3. The molecule has 0 aliphatic carbocycles. The molecule has 2 saturated heterocycles. The molecule has 2 aliphatic rings. The van der Waals surface area contributed by atoms with Crippen molar-refractivity contribution in [3.8, 4) is 11.5 Å². The van der Waals surface area contributed by atoms with E-state index in [9.17, 15) is 0 Å². The summed E-state index contributed by atoms with van der Waals surface area (Å²) in [5.74, 6) is 3.74. The quantitative estimate of drug-likeness (QED) is 0.223. The van der Waals surface area contributed by atoms with E-state index >= 15 is 0 Å². The number of hydrogen-bond acceptors (Lipinski definition) is 13. The monoisotopic (exact) mass is 650 g/mol. The van der Waals surface area contributed by atoms with Gasteiger partial charge >= 0.3 is 0 Å². The SMILES string of the molecule is C1COCCN1.COc1cnc(N2CCN(CCOc3cc4ncnc(Nc5n[nH]c(C)c5C)c4cc3SC(C)(C)C)CC2)nc1. The number of aryl methyl sites for hydroxylation is 1. The van der Waals surface area contributed by atoms with E-state index in [1.165, 1.54) is 0 Å². The summed E-state index contributed by atoms with van der Waals surface area (Å²) in [6.45, 7) is 19.5. The average molecular weight is 651 g/mol. The Balaban J connectivity index is 0.000000624. The van der Waals surface area contributed by atoms with Crippen LogP contribution in [0.3, 0.4) is 0 Å². The van der Waals surface area contributed by atoms with E-state index in [1.807, 2.05) is 19.9 Å². The van der Waals surface area contributed by atoms with Gasteiger partial charge in [-0.15, -0.1) is 11.8 Å². The number of fused-ring (bicyclic) bond motifs is 1. The smallest absolute Gasteiger partial charge is 0.225 e. The van der Waals surface area contributed by atoms with Gasteiger partial charge in [0.05, 0.1) is 43.1 Å². The molecule has 1 aromatic carbocycles. The second kappa shape index (κ2) is 15.7. The number of morpholine rings is 1. The fourth-order valence-corrected chi connectivity index (χ4v) is 6.01. The molecule has 2 fully saturated rings. The van der Waals surface area contributed by atoms with E-state index < -0.39 is 0 Å². The second-order valence-corrected chi connectivity index (χ2v) is 14.0. The molecule has 0 amide bonds. The molecule has 14 heteroatoms. The lowest BCUT2D eigenvalue weighted by Crippen LogP contribution is -2.48. The van der Waals surface area contributed by atoms with Crippen molar-refractivity contribution >= 4 is 40.2 Å². The third-order valence-electron chi connectivity index (χ3n) is 7.62. The van der Waals surface area contributed by atoms with Gasteiger partial charge < -0.3 is 29.7 Å². The van der Waals surface area contributed by atoms with Crippen LogP contribution in [0.2, 0.25) is 0 Å². The molecule has 0 atom stereocenters. The van der Waals surface area contributed by atoms with Crippen molar-refractivity contribution in [1.29, 1.82) is 0 Å². The topological polar surface area (TPSA) is 138 Å². The van der Waals surface area contributed by atoms with Gasteiger partial charge in [0.25, 0.3) is 0 Å². The number of piperazine rings is 1. The fourth-order valence-electron chi connectivity index (χ4n) is 4.95. The molecule has 5 heterocycles. The van der Waals surface area contributed by atoms with Crippen LogP contribution in [-0.2, 0) is 4.74 Å². The molecule has 0 unspecified atom stereocenters. The summed E-state index contributed by atoms with van der Waals surface area (Å²) in [7, 11) is 1.62. The molecule has 13 nitrogen and oxygen atoms in total. The van der Waals surface area contributed by atoms with Crippen molar-refractivity contribution in [2.24, 2.45) is 0 Å². The largest absolute Gasteiger partial charge is 0.494 e. The van der Waals surface area contributed by atoms with E-state index in [-0.39, 0.29) is 4.75 Å². The molecule has 3 N–H and O–H groups in total. The number of rotatable bonds is 9. The highest BCUT2D eigenvalue weighted by Gasteiger charge is 2.21. The average Bonchev–Trinajstić information content (AvgIpc) is 3.38. The highest BCUT2D eigenvalue weighted by Crippen LogP contribution is 2.41. The predicted octanol–water partition coefficient (Wildman–Crippen LogP) is 4.21. The van der Waals surface area contributed by atoms with Crippen LogP contribution in [0, 0.1) is 13.8 Å². The molecule has 0 spiro atoms. The number of nitrogens with zero attached hydrogens (tertiary/aromatic N) is 7. The van der Waals surface area contributed by atoms with Gasteiger partial charge in [0, 0.05) is 73.3 Å². The number of ether oxygens (including phenoxy) is 3. The highest BCUT2D eigenvalue weighted by molar-refractivity contribution is 8.00. The number of hydrogen-bond donors (Lipinski definition) is 3. The summed E-state index contributed by atoms with van der Waals surface area (Å²) >= 11 is 1.78. The molecule has 0 bridgehead atoms. The van der Waals surface area contributed by atoms with E-state index in [1.54, 1.807) is 37.6 Å². The van der Waals surface area contributed by atoms with Crippen molar-refractivity contribution in [1.82, 2.24) is 40.3 Å². The van der Waals surface area contributed by atoms with Crippen molar-refractivity contribution in [2.45, 2.75) is 44.3 Å². The molecule has 4 aromatic rings. The maximum atomic E-state index is 6.40. The Bertz CT molecular complexity index is 1540. The van der Waals surface area contributed by atoms with Gasteiger partial charge in [-0.2, -0.15) is 5.10 Å². The lowest BCUT2D eigenvalue weighted by atomic mass is 10.2. The Morgan fingerprint density at radius 3 is 2.30 bits per heavy atom. The summed E-state index contributed by atoms with van der Waals surface area (Å²) in [6.07, 6.45) is 5.00. The lowest BCUT2D eigenvalue weighted by molar-refractivity contribution is 0.109. The second-order valence-electron chi connectivity index (χ2n) is 12.2. The normalized spacial score (nSPS) is 15.7. The molecule has 0 radical (unpaired) electrons. The first kappa shape index (κ1) is 33.6. The number of anilines is 3. The molecular weight excluding hydrogens is 604 g/mol. The Kier molecular flexibility index (Phi) is 11.5. The fraction of sp³-hybridized carbons (Fsp3) is 0.531. The van der Waals surface area contributed by atoms with Crippen LogP contribution in [0.1, 0.15) is 32.0 Å². The Morgan fingerprint density at radius 2 is 1.72 bits per heavy atom. The summed E-state index contributed by atoms with van der Waals surface area (Å²) in [5.41, 5.74) is 2.91. The van der Waals surface area contributed by atoms with E-state index in [0.717, 1.165) is 109 Å². The third-order valence-corrected chi connectivity index (χ3v) is 8.77. The standard InChI is InChI=1S/C28H37N9O2S.C4H9NO/c1-18-19(2)34-35-25(18)33-26-21-13-24(40-28(3,4)5)23(14-22(21)31-17-32-26)39-12-11-36-7-9-37(10-8-36)27-29-15-20(38-6)16-30-27;1-3-6-4-2-5-1/h13-17H,7-12H2,1-6H3,(H2,31,32,33,34,35);5H,1-4H2. The number of benzene rings is 1. The van der Waals surface area contributed by atoms with Gasteiger partial charge in [0.15, 0.2) is 11.6 Å². The first-order valence-electron chi connectivity index (χ1n) is 15.7. The number of thioether (sulfide) groups is 1. The maximum Gasteiger partial charge on any atom is 0.225 e. The predicted molar refractivity (Wildman–Crippen MR) is 183 cm³/mol. The number of aromatic amines is 1. The first-order chi connectivity index (χ1) is 22.2. The molecule has 2 aliphatic heterocycles. The molecule has 6 rings (SSSR count). The van der Waals surface area contributed by atoms with E-state index in [2.05, 4.69) is 77.4 Å². The first-order valence-corrected chi connectivity index (χ1v) is 16.5. The third kappa shape index (κ3) is 9.18. The van der Waals surface area contributed by atoms with Gasteiger partial charge in [0.1, 0.15) is 24.5 Å². The van der Waals surface area contributed by atoms with E-state index in [4.69, 9.17) is 14.2 Å². The van der Waals surface area contributed by atoms with Crippen molar-refractivity contribution < 1.29 is 14.2 Å². The molecule has 0 saturated carbocycles. The molecule has 248 valence electrons. The number of H-pyrrole nitrogens is 1. The zero-order valence-electron chi connectivity index (χ0n) is 27.7. The van der Waals surface area contributed by atoms with Crippen molar-refractivity contribution in [2.75, 3.05) is 83.0 Å². The maximum absolute atomic E-state index is 6.40. The van der Waals surface area contributed by atoms with Crippen LogP contribution in [0.25, 0.3) is 10.9 Å². The minimum absolute atomic E-state index is 0.00473. The number of aromatic nitrogens is 6. The molecule has 3 aromatic heterocycles. The minimum Gasteiger partial charge on any atom is -0.494 e. The van der Waals surface area contributed by atoms with Crippen LogP contribution in [0.15, 0.2) is 35.7 Å². The van der Waals surface area contributed by atoms with Gasteiger partial charge in [-0.1, -0.05) is 20.8 Å². The van der Waals surface area contributed by atoms with Gasteiger partial charge in [-0.05, 0) is 19.9 Å². The Labute approximate surface area is 275 Å². The summed E-state index contributed by atoms with van der Waals surface area (Å²) < 4.78 is 16.6. The summed E-state index contributed by atoms with van der Waals surface area (Å²) in [5, 5.41) is 14.9. The minimum atomic E-state index is 0.00473. The van der Waals surface area contributed by atoms with Crippen LogP contribution in [0.5, 0.6) is 11.5 Å². The molecular formula is C32H46N10O3S. The Morgan fingerprint density at radius 1 is 0.978 bits per heavy atom. The van der Waals surface area contributed by atoms with Crippen LogP contribution >= 0.6 is 11.8 Å². The molecule has 46 heavy (non-hydrogen) atoms. The lowest BCUT2D eigenvalue weighted by Gasteiger charge is -2.34. The van der Waals surface area contributed by atoms with Gasteiger partial charge in [0.2, 0.25) is 5.95 Å². The summed E-state index contributed by atoms with van der Waals surface area (Å²) in [4.78, 5) is 23.6.